The number of methoxy groups -OCH3 is 1. The van der Waals surface area contributed by atoms with Crippen LogP contribution in [0.5, 0.6) is 5.75 Å². The molecule has 0 atom stereocenters. The first-order chi connectivity index (χ1) is 15.9. The molecule has 2 amide bonds. The zero-order chi connectivity index (χ0) is 23.4. The number of rotatable bonds is 6. The van der Waals surface area contributed by atoms with Crippen LogP contribution in [-0.4, -0.2) is 28.0 Å². The summed E-state index contributed by atoms with van der Waals surface area (Å²) in [5.41, 5.74) is 4.74. The van der Waals surface area contributed by atoms with Crippen LogP contribution in [0.2, 0.25) is 0 Å². The Morgan fingerprint density at radius 2 is 1.85 bits per heavy atom. The molecule has 2 aromatic heterocycles. The van der Waals surface area contributed by atoms with Gasteiger partial charge in [0, 0.05) is 30.0 Å². The molecule has 0 unspecified atom stereocenters. The minimum Gasteiger partial charge on any atom is -0.495 e. The number of ether oxygens (including phenoxy) is 1. The van der Waals surface area contributed by atoms with Gasteiger partial charge in [0.15, 0.2) is 0 Å². The molecule has 0 radical (unpaired) electrons. The highest BCUT2D eigenvalue weighted by molar-refractivity contribution is 5.91. The second-order valence-electron chi connectivity index (χ2n) is 8.00. The predicted molar refractivity (Wildman–Crippen MR) is 130 cm³/mol. The van der Waals surface area contributed by atoms with Crippen LogP contribution in [0, 0.1) is 13.8 Å². The molecule has 0 bridgehead atoms. The number of aromatic amines is 1. The van der Waals surface area contributed by atoms with Gasteiger partial charge in [-0.05, 0) is 72.3 Å². The maximum atomic E-state index is 13.3. The van der Waals surface area contributed by atoms with Crippen molar-refractivity contribution in [2.75, 3.05) is 12.4 Å². The van der Waals surface area contributed by atoms with E-state index in [1.54, 1.807) is 36.5 Å². The fraction of sp³-hybridized carbons (Fsp3) is 0.192. The van der Waals surface area contributed by atoms with Crippen LogP contribution >= 0.6 is 0 Å². The summed E-state index contributed by atoms with van der Waals surface area (Å²) in [7, 11) is 1.55. The molecular formula is C26H26N4O3. The standard InChI is InChI=1S/C26H26N4O3/c1-17-11-20-13-21(25(31)28-23(20)12-18(17)2)16-30(15-19-7-6-10-27-14-19)26(32)29-22-8-4-5-9-24(22)33-3/h4-14H,15-16H2,1-3H3,(H,28,31)(H,29,32). The number of amides is 2. The number of nitrogens with one attached hydrogen (secondary N) is 2. The Morgan fingerprint density at radius 3 is 2.61 bits per heavy atom. The molecule has 7 heteroatoms. The van der Waals surface area contributed by atoms with Crippen molar-refractivity contribution in [3.05, 3.63) is 99.6 Å². The summed E-state index contributed by atoms with van der Waals surface area (Å²) in [5, 5.41) is 3.83. The Hall–Kier alpha value is -4.13. The van der Waals surface area contributed by atoms with E-state index in [1.807, 2.05) is 56.3 Å². The van der Waals surface area contributed by atoms with E-state index in [9.17, 15) is 9.59 Å². The number of hydrogen-bond donors (Lipinski definition) is 2. The molecule has 0 fully saturated rings. The number of hydrogen-bond acceptors (Lipinski definition) is 4. The number of para-hydroxylation sites is 2. The number of anilines is 1. The SMILES string of the molecule is COc1ccccc1NC(=O)N(Cc1cccnc1)Cc1cc2cc(C)c(C)cc2[nH]c1=O. The van der Waals surface area contributed by atoms with E-state index in [-0.39, 0.29) is 18.1 Å². The lowest BCUT2D eigenvalue weighted by Gasteiger charge is -2.24. The van der Waals surface area contributed by atoms with Gasteiger partial charge in [-0.25, -0.2) is 4.79 Å². The fourth-order valence-electron chi connectivity index (χ4n) is 3.70. The molecule has 0 saturated heterocycles. The molecule has 4 rings (SSSR count). The molecule has 0 spiro atoms. The number of pyridine rings is 2. The molecule has 0 aliphatic carbocycles. The van der Waals surface area contributed by atoms with Gasteiger partial charge in [-0.1, -0.05) is 18.2 Å². The maximum Gasteiger partial charge on any atom is 0.322 e. The van der Waals surface area contributed by atoms with Crippen molar-refractivity contribution in [1.82, 2.24) is 14.9 Å². The number of carbonyl (C=O) groups is 1. The summed E-state index contributed by atoms with van der Waals surface area (Å²) in [6, 6.07) is 16.4. The van der Waals surface area contributed by atoms with Gasteiger partial charge in [0.2, 0.25) is 0 Å². The minimum atomic E-state index is -0.345. The maximum absolute atomic E-state index is 13.3. The Morgan fingerprint density at radius 1 is 1.06 bits per heavy atom. The number of carbonyl (C=O) groups excluding carboxylic acids is 1. The molecule has 168 valence electrons. The van der Waals surface area contributed by atoms with Crippen LogP contribution in [0.4, 0.5) is 10.5 Å². The van der Waals surface area contributed by atoms with E-state index < -0.39 is 0 Å². The molecular weight excluding hydrogens is 416 g/mol. The molecule has 4 aromatic rings. The molecule has 7 nitrogen and oxygen atoms in total. The molecule has 2 aromatic carbocycles. The Kier molecular flexibility index (Phi) is 6.40. The van der Waals surface area contributed by atoms with Crippen molar-refractivity contribution >= 4 is 22.6 Å². The number of urea groups is 1. The van der Waals surface area contributed by atoms with Gasteiger partial charge in [0.25, 0.3) is 5.56 Å². The predicted octanol–water partition coefficient (Wildman–Crippen LogP) is 4.78. The molecule has 0 aliphatic rings. The summed E-state index contributed by atoms with van der Waals surface area (Å²) in [6.07, 6.45) is 3.39. The Labute approximate surface area is 192 Å². The third-order valence-corrected chi connectivity index (χ3v) is 5.63. The van der Waals surface area contributed by atoms with Crippen molar-refractivity contribution in [3.8, 4) is 5.75 Å². The summed E-state index contributed by atoms with van der Waals surface area (Å²) < 4.78 is 5.35. The fourth-order valence-corrected chi connectivity index (χ4v) is 3.70. The lowest BCUT2D eigenvalue weighted by molar-refractivity contribution is 0.206. The highest BCUT2D eigenvalue weighted by atomic mass is 16.5. The number of aromatic nitrogens is 2. The number of H-pyrrole nitrogens is 1. The normalized spacial score (nSPS) is 10.8. The quantitative estimate of drug-likeness (QED) is 0.450. The van der Waals surface area contributed by atoms with Gasteiger partial charge < -0.3 is 19.9 Å². The zero-order valence-corrected chi connectivity index (χ0v) is 18.9. The number of fused-ring (bicyclic) bond motifs is 1. The monoisotopic (exact) mass is 442 g/mol. The van der Waals surface area contributed by atoms with E-state index >= 15 is 0 Å². The van der Waals surface area contributed by atoms with Gasteiger partial charge >= 0.3 is 6.03 Å². The molecule has 0 aliphatic heterocycles. The van der Waals surface area contributed by atoms with Gasteiger partial charge in [0.05, 0.1) is 19.3 Å². The van der Waals surface area contributed by atoms with Gasteiger partial charge in [-0.3, -0.25) is 9.78 Å². The summed E-state index contributed by atoms with van der Waals surface area (Å²) in [4.78, 5) is 34.8. The summed E-state index contributed by atoms with van der Waals surface area (Å²) in [6.45, 7) is 4.47. The van der Waals surface area contributed by atoms with E-state index in [2.05, 4.69) is 15.3 Å². The first-order valence-corrected chi connectivity index (χ1v) is 10.7. The largest absolute Gasteiger partial charge is 0.495 e. The lowest BCUT2D eigenvalue weighted by atomic mass is 10.0. The van der Waals surface area contributed by atoms with E-state index in [0.29, 0.717) is 23.5 Å². The average molecular weight is 443 g/mol. The zero-order valence-electron chi connectivity index (χ0n) is 18.9. The van der Waals surface area contributed by atoms with Crippen LogP contribution in [0.25, 0.3) is 10.9 Å². The minimum absolute atomic E-state index is 0.133. The molecule has 2 heterocycles. The van der Waals surface area contributed by atoms with Gasteiger partial charge in [-0.2, -0.15) is 0 Å². The number of benzene rings is 2. The summed E-state index contributed by atoms with van der Waals surface area (Å²) >= 11 is 0. The van der Waals surface area contributed by atoms with Crippen LogP contribution in [-0.2, 0) is 13.1 Å². The van der Waals surface area contributed by atoms with Crippen molar-refractivity contribution in [2.45, 2.75) is 26.9 Å². The molecule has 2 N–H and O–H groups in total. The Balaban J connectivity index is 1.67. The Bertz CT molecular complexity index is 1350. The second kappa shape index (κ2) is 9.56. The van der Waals surface area contributed by atoms with Crippen molar-refractivity contribution < 1.29 is 9.53 Å². The molecule has 0 saturated carbocycles. The highest BCUT2D eigenvalue weighted by Crippen LogP contribution is 2.24. The van der Waals surface area contributed by atoms with Gasteiger partial charge in [0.1, 0.15) is 5.75 Å². The van der Waals surface area contributed by atoms with Crippen LogP contribution in [0.3, 0.4) is 0 Å². The third-order valence-electron chi connectivity index (χ3n) is 5.63. The highest BCUT2D eigenvalue weighted by Gasteiger charge is 2.18. The topological polar surface area (TPSA) is 87.3 Å². The smallest absolute Gasteiger partial charge is 0.322 e. The number of aryl methyl sites for hydroxylation is 2. The average Bonchev–Trinajstić information content (AvgIpc) is 2.81. The van der Waals surface area contributed by atoms with E-state index in [0.717, 1.165) is 27.6 Å². The van der Waals surface area contributed by atoms with Crippen LogP contribution in [0.15, 0.2) is 71.8 Å². The van der Waals surface area contributed by atoms with Crippen molar-refractivity contribution in [3.63, 3.8) is 0 Å². The van der Waals surface area contributed by atoms with Gasteiger partial charge in [-0.15, -0.1) is 0 Å². The van der Waals surface area contributed by atoms with E-state index in [4.69, 9.17) is 4.74 Å². The second-order valence-corrected chi connectivity index (χ2v) is 8.00. The first kappa shape index (κ1) is 22.1. The lowest BCUT2D eigenvalue weighted by Crippen LogP contribution is -2.35. The van der Waals surface area contributed by atoms with Crippen LogP contribution < -0.4 is 15.6 Å². The van der Waals surface area contributed by atoms with Crippen LogP contribution in [0.1, 0.15) is 22.3 Å². The number of nitrogens with zero attached hydrogens (tertiary/aromatic N) is 2. The van der Waals surface area contributed by atoms with Crippen molar-refractivity contribution in [2.24, 2.45) is 0 Å². The first-order valence-electron chi connectivity index (χ1n) is 10.7. The van der Waals surface area contributed by atoms with E-state index in [1.165, 1.54) is 0 Å². The summed E-state index contributed by atoms with van der Waals surface area (Å²) in [5.74, 6) is 0.557. The molecule has 33 heavy (non-hydrogen) atoms. The van der Waals surface area contributed by atoms with Crippen molar-refractivity contribution in [1.29, 1.82) is 0 Å². The third kappa shape index (κ3) is 5.03.